The van der Waals surface area contributed by atoms with E-state index in [4.69, 9.17) is 0 Å². The zero-order valence-electron chi connectivity index (χ0n) is 14.5. The number of thiazole rings is 1. The maximum Gasteiger partial charge on any atom is 0.373 e. The maximum atomic E-state index is 12.5. The highest BCUT2D eigenvalue weighted by molar-refractivity contribution is 7.15. The van der Waals surface area contributed by atoms with Crippen LogP contribution in [0.3, 0.4) is 0 Å². The Hall–Kier alpha value is -2.36. The van der Waals surface area contributed by atoms with Gasteiger partial charge in [-0.1, -0.05) is 30.6 Å². The van der Waals surface area contributed by atoms with Crippen LogP contribution in [0.15, 0.2) is 11.6 Å². The minimum absolute atomic E-state index is 0.00126. The lowest BCUT2D eigenvalue weighted by Gasteiger charge is -2.35. The molecule has 0 spiro atoms. The molecule has 3 heterocycles. The number of urea groups is 1. The molecule has 10 heteroatoms. The molecule has 4 rings (SSSR count). The summed E-state index contributed by atoms with van der Waals surface area (Å²) in [6.45, 7) is 2.18. The van der Waals surface area contributed by atoms with E-state index in [1.54, 1.807) is 16.5 Å². The molecule has 140 valence electrons. The van der Waals surface area contributed by atoms with Crippen LogP contribution in [0.1, 0.15) is 32.1 Å². The summed E-state index contributed by atoms with van der Waals surface area (Å²) in [7, 11) is 0. The van der Waals surface area contributed by atoms with Gasteiger partial charge in [0.2, 0.25) is 5.82 Å². The van der Waals surface area contributed by atoms with Crippen molar-refractivity contribution in [1.82, 2.24) is 19.6 Å². The first-order valence-electron chi connectivity index (χ1n) is 9.04. The number of nitro groups is 1. The maximum absolute atomic E-state index is 12.5. The minimum Gasteiger partial charge on any atom is -0.358 e. The number of carbonyl (C=O) groups is 1. The van der Waals surface area contributed by atoms with Crippen LogP contribution < -0.4 is 10.2 Å². The molecule has 2 fully saturated rings. The number of fused-ring (bicyclic) bond motifs is 1. The average Bonchev–Trinajstić information content (AvgIpc) is 3.23. The summed E-state index contributed by atoms with van der Waals surface area (Å²) in [5.74, 6) is 0.399. The molecule has 0 atom stereocenters. The predicted octanol–water partition coefficient (Wildman–Crippen LogP) is 2.47. The van der Waals surface area contributed by atoms with Crippen molar-refractivity contribution < 1.29 is 9.72 Å². The molecule has 2 amide bonds. The smallest absolute Gasteiger partial charge is 0.358 e. The van der Waals surface area contributed by atoms with Gasteiger partial charge in [0.15, 0.2) is 0 Å². The van der Waals surface area contributed by atoms with Crippen molar-refractivity contribution >= 4 is 34.0 Å². The van der Waals surface area contributed by atoms with Crippen molar-refractivity contribution in [2.75, 3.05) is 31.1 Å². The van der Waals surface area contributed by atoms with Crippen molar-refractivity contribution in [3.05, 3.63) is 21.7 Å². The van der Waals surface area contributed by atoms with Gasteiger partial charge >= 0.3 is 11.8 Å². The van der Waals surface area contributed by atoms with Gasteiger partial charge < -0.3 is 25.2 Å². The fourth-order valence-corrected chi connectivity index (χ4v) is 4.48. The summed E-state index contributed by atoms with van der Waals surface area (Å²) in [5.41, 5.74) is 0. The zero-order chi connectivity index (χ0) is 18.1. The first kappa shape index (κ1) is 17.1. The fourth-order valence-electron chi connectivity index (χ4n) is 3.78. The number of hydrogen-bond donors (Lipinski definition) is 1. The zero-order valence-corrected chi connectivity index (χ0v) is 15.3. The Kier molecular flexibility index (Phi) is 4.66. The molecule has 0 unspecified atom stereocenters. The van der Waals surface area contributed by atoms with Crippen LogP contribution in [0.25, 0.3) is 4.96 Å². The third-order valence-electron chi connectivity index (χ3n) is 5.19. The highest BCUT2D eigenvalue weighted by Crippen LogP contribution is 2.31. The third-order valence-corrected chi connectivity index (χ3v) is 5.95. The van der Waals surface area contributed by atoms with E-state index >= 15 is 0 Å². The van der Waals surface area contributed by atoms with Crippen LogP contribution >= 0.6 is 11.3 Å². The molecule has 0 bridgehead atoms. The van der Waals surface area contributed by atoms with Gasteiger partial charge in [-0.15, -0.1) is 0 Å². The van der Waals surface area contributed by atoms with Gasteiger partial charge in [0.25, 0.3) is 4.96 Å². The van der Waals surface area contributed by atoms with E-state index in [0.29, 0.717) is 37.0 Å². The van der Waals surface area contributed by atoms with E-state index in [-0.39, 0.29) is 22.8 Å². The van der Waals surface area contributed by atoms with Gasteiger partial charge in [-0.25, -0.2) is 4.79 Å². The molecule has 0 radical (unpaired) electrons. The molecule has 1 aliphatic carbocycles. The Morgan fingerprint density at radius 3 is 2.65 bits per heavy atom. The lowest BCUT2D eigenvalue weighted by atomic mass is 9.96. The SMILES string of the molecule is O=C(NC1CCCCC1)N1CCN(c2nc3sccn3c2[N+](=O)[O-])CC1. The quantitative estimate of drug-likeness (QED) is 0.654. The first-order chi connectivity index (χ1) is 12.6. The second-order valence-electron chi connectivity index (χ2n) is 6.83. The summed E-state index contributed by atoms with van der Waals surface area (Å²) in [6.07, 6.45) is 7.40. The Balaban J connectivity index is 1.40. The molecule has 26 heavy (non-hydrogen) atoms. The number of piperazine rings is 1. The molecule has 1 saturated heterocycles. The molecule has 9 nitrogen and oxygen atoms in total. The second kappa shape index (κ2) is 7.10. The van der Waals surface area contributed by atoms with Gasteiger partial charge in [-0.05, 0) is 17.8 Å². The van der Waals surface area contributed by atoms with Crippen LogP contribution in [-0.4, -0.2) is 57.5 Å². The molecular weight excluding hydrogens is 356 g/mol. The minimum atomic E-state index is -0.385. The third kappa shape index (κ3) is 3.20. The summed E-state index contributed by atoms with van der Waals surface area (Å²) in [5, 5.41) is 16.4. The summed E-state index contributed by atoms with van der Waals surface area (Å²) in [6, 6.07) is 0.271. The van der Waals surface area contributed by atoms with Crippen LogP contribution in [0.5, 0.6) is 0 Å². The number of hydrogen-bond acceptors (Lipinski definition) is 6. The Morgan fingerprint density at radius 1 is 1.23 bits per heavy atom. The van der Waals surface area contributed by atoms with E-state index in [0.717, 1.165) is 12.8 Å². The van der Waals surface area contributed by atoms with Crippen molar-refractivity contribution in [1.29, 1.82) is 0 Å². The van der Waals surface area contributed by atoms with Gasteiger partial charge in [0.1, 0.15) is 6.20 Å². The Bertz CT molecular complexity index is 804. The van der Waals surface area contributed by atoms with E-state index in [2.05, 4.69) is 10.3 Å². The van der Waals surface area contributed by atoms with Gasteiger partial charge in [-0.3, -0.25) is 0 Å². The number of nitrogens with one attached hydrogen (secondary N) is 1. The lowest BCUT2D eigenvalue weighted by Crippen LogP contribution is -2.53. The number of nitrogens with zero attached hydrogens (tertiary/aromatic N) is 5. The number of amides is 2. The van der Waals surface area contributed by atoms with E-state index in [1.807, 2.05) is 4.90 Å². The average molecular weight is 378 g/mol. The second-order valence-corrected chi connectivity index (χ2v) is 7.70. The molecule has 1 saturated carbocycles. The van der Waals surface area contributed by atoms with Crippen molar-refractivity contribution in [2.45, 2.75) is 38.1 Å². The van der Waals surface area contributed by atoms with Gasteiger partial charge in [0.05, 0.1) is 0 Å². The lowest BCUT2D eigenvalue weighted by molar-refractivity contribution is -0.389. The summed E-state index contributed by atoms with van der Waals surface area (Å²) in [4.78, 5) is 32.3. The van der Waals surface area contributed by atoms with Crippen LogP contribution in [0.2, 0.25) is 0 Å². The monoisotopic (exact) mass is 378 g/mol. The van der Waals surface area contributed by atoms with Crippen LogP contribution in [-0.2, 0) is 0 Å². The number of rotatable bonds is 3. The number of carbonyl (C=O) groups excluding carboxylic acids is 1. The predicted molar refractivity (Wildman–Crippen MR) is 98.9 cm³/mol. The van der Waals surface area contributed by atoms with E-state index < -0.39 is 0 Å². The molecule has 0 aromatic carbocycles. The first-order valence-corrected chi connectivity index (χ1v) is 9.92. The summed E-state index contributed by atoms with van der Waals surface area (Å²) < 4.78 is 1.52. The highest BCUT2D eigenvalue weighted by Gasteiger charge is 2.31. The summed E-state index contributed by atoms with van der Waals surface area (Å²) >= 11 is 1.37. The molecule has 1 aliphatic heterocycles. The molecule has 1 N–H and O–H groups in total. The molecule has 2 aromatic heterocycles. The molecular formula is C16H22N6O3S. The van der Waals surface area contributed by atoms with Gasteiger partial charge in [-0.2, -0.15) is 9.38 Å². The standard InChI is InChI=1S/C16H22N6O3S/c23-15(17-12-4-2-1-3-5-12)20-8-6-19(7-9-20)13-14(22(24)25)21-10-11-26-16(21)18-13/h10-12H,1-9H2,(H,17,23). The Labute approximate surface area is 154 Å². The van der Waals surface area contributed by atoms with Crippen LogP contribution in [0.4, 0.5) is 16.4 Å². The fraction of sp³-hybridized carbons (Fsp3) is 0.625. The van der Waals surface area contributed by atoms with Crippen LogP contribution in [0, 0.1) is 10.1 Å². The molecule has 2 aromatic rings. The van der Waals surface area contributed by atoms with E-state index in [9.17, 15) is 14.9 Å². The van der Waals surface area contributed by atoms with Crippen molar-refractivity contribution in [3.8, 4) is 0 Å². The molecule has 2 aliphatic rings. The van der Waals surface area contributed by atoms with Crippen molar-refractivity contribution in [3.63, 3.8) is 0 Å². The van der Waals surface area contributed by atoms with E-state index in [1.165, 1.54) is 35.0 Å². The number of imidazole rings is 1. The van der Waals surface area contributed by atoms with Gasteiger partial charge in [0, 0.05) is 37.6 Å². The Morgan fingerprint density at radius 2 is 1.96 bits per heavy atom. The number of aromatic nitrogens is 2. The topological polar surface area (TPSA) is 96.0 Å². The normalized spacial score (nSPS) is 19.1. The number of anilines is 1. The largest absolute Gasteiger partial charge is 0.373 e. The highest BCUT2D eigenvalue weighted by atomic mass is 32.1. The van der Waals surface area contributed by atoms with Crippen molar-refractivity contribution in [2.24, 2.45) is 0 Å².